The number of carbonyl (C=O) groups is 1. The highest BCUT2D eigenvalue weighted by Gasteiger charge is 2.16. The molecule has 4 N–H and O–H groups in total. The summed E-state index contributed by atoms with van der Waals surface area (Å²) in [7, 11) is 1.43. The third-order valence-corrected chi connectivity index (χ3v) is 4.49. The third kappa shape index (κ3) is 6.24. The summed E-state index contributed by atoms with van der Waals surface area (Å²) < 4.78 is 4.87. The topological polar surface area (TPSA) is 90.7 Å². The Labute approximate surface area is 155 Å². The Balaban J connectivity index is 1.97. The maximum atomic E-state index is 11.8. The molecule has 5 nitrogen and oxygen atoms in total. The Kier molecular flexibility index (Phi) is 7.68. The molecule has 0 saturated carbocycles. The molecule has 0 spiro atoms. The molecule has 138 valence electrons. The molecular formula is C21H27N3O2. The monoisotopic (exact) mass is 353 g/mol. The molecule has 2 aromatic carbocycles. The number of unbranched alkanes of at least 4 members (excludes halogenated alkanes) is 1. The molecule has 5 heteroatoms. The van der Waals surface area contributed by atoms with Crippen LogP contribution in [0.15, 0.2) is 53.6 Å². The minimum Gasteiger partial charge on any atom is -0.469 e. The van der Waals surface area contributed by atoms with Gasteiger partial charge in [0.05, 0.1) is 19.7 Å². The number of hydrogen-bond acceptors (Lipinski definition) is 5. The van der Waals surface area contributed by atoms with E-state index in [4.69, 9.17) is 16.3 Å². The Bertz CT molecular complexity index is 726. The normalized spacial score (nSPS) is 12.2. The number of hydrogen-bond donors (Lipinski definition) is 2. The number of methoxy groups -OCH3 is 1. The molecule has 1 unspecified atom stereocenters. The average Bonchev–Trinajstić information content (AvgIpc) is 2.66. The summed E-state index contributed by atoms with van der Waals surface area (Å²) >= 11 is 0. The molecule has 0 saturated heterocycles. The van der Waals surface area contributed by atoms with Gasteiger partial charge in [0.2, 0.25) is 0 Å². The molecule has 0 aromatic heterocycles. The van der Waals surface area contributed by atoms with Crippen LogP contribution in [0.3, 0.4) is 0 Å². The number of nitrogens with two attached hydrogens (primary N) is 2. The number of esters is 1. The lowest BCUT2D eigenvalue weighted by Gasteiger charge is -2.17. The standard InChI is InChI=1S/C21H27N3O2/c1-26-21(25)14-19(18-8-4-6-17(13-18)15-24-23)7-3-2-5-16-9-11-20(22)12-10-16/h4,6,8-13,15,19H,2-3,5,7,14,22-23H2,1H3. The van der Waals surface area contributed by atoms with E-state index in [0.717, 1.165) is 42.5 Å². The van der Waals surface area contributed by atoms with Gasteiger partial charge < -0.3 is 16.3 Å². The summed E-state index contributed by atoms with van der Waals surface area (Å²) in [6.07, 6.45) is 6.01. The first-order chi connectivity index (χ1) is 12.6. The zero-order valence-corrected chi connectivity index (χ0v) is 15.2. The SMILES string of the molecule is COC(=O)CC(CCCCc1ccc(N)cc1)c1cccc(C=NN)c1. The second kappa shape index (κ2) is 10.2. The van der Waals surface area contributed by atoms with E-state index in [2.05, 4.69) is 17.2 Å². The molecule has 0 fully saturated rings. The van der Waals surface area contributed by atoms with Crippen LogP contribution in [0.5, 0.6) is 0 Å². The van der Waals surface area contributed by atoms with Gasteiger partial charge in [-0.15, -0.1) is 0 Å². The number of aryl methyl sites for hydroxylation is 1. The molecule has 2 aromatic rings. The molecule has 0 aliphatic rings. The fourth-order valence-corrected chi connectivity index (χ4v) is 3.05. The van der Waals surface area contributed by atoms with Crippen LogP contribution in [0.4, 0.5) is 5.69 Å². The zero-order chi connectivity index (χ0) is 18.8. The number of ether oxygens (including phenoxy) is 1. The summed E-state index contributed by atoms with van der Waals surface area (Å²) in [5, 5.41) is 3.57. The molecule has 0 aliphatic heterocycles. The van der Waals surface area contributed by atoms with E-state index in [1.807, 2.05) is 36.4 Å². The van der Waals surface area contributed by atoms with Crippen LogP contribution in [0.2, 0.25) is 0 Å². The second-order valence-electron chi connectivity index (χ2n) is 6.41. The predicted molar refractivity (Wildman–Crippen MR) is 106 cm³/mol. The van der Waals surface area contributed by atoms with E-state index in [1.54, 1.807) is 6.21 Å². The smallest absolute Gasteiger partial charge is 0.306 e. The number of rotatable bonds is 9. The maximum absolute atomic E-state index is 11.8. The number of carbonyl (C=O) groups excluding carboxylic acids is 1. The molecule has 0 radical (unpaired) electrons. The number of anilines is 1. The van der Waals surface area contributed by atoms with Crippen molar-refractivity contribution in [2.75, 3.05) is 12.8 Å². The van der Waals surface area contributed by atoms with Crippen LogP contribution < -0.4 is 11.6 Å². The number of nitrogens with zero attached hydrogens (tertiary/aromatic N) is 1. The number of hydrazone groups is 1. The van der Waals surface area contributed by atoms with Crippen LogP contribution >= 0.6 is 0 Å². The summed E-state index contributed by atoms with van der Waals surface area (Å²) in [4.78, 5) is 11.8. The van der Waals surface area contributed by atoms with E-state index >= 15 is 0 Å². The minimum atomic E-state index is -0.188. The van der Waals surface area contributed by atoms with E-state index < -0.39 is 0 Å². The molecule has 0 bridgehead atoms. The van der Waals surface area contributed by atoms with Gasteiger partial charge in [0.1, 0.15) is 0 Å². The van der Waals surface area contributed by atoms with Crippen LogP contribution in [-0.4, -0.2) is 19.3 Å². The first-order valence-electron chi connectivity index (χ1n) is 8.87. The van der Waals surface area contributed by atoms with Gasteiger partial charge in [-0.05, 0) is 60.1 Å². The van der Waals surface area contributed by atoms with Gasteiger partial charge in [-0.25, -0.2) is 0 Å². The van der Waals surface area contributed by atoms with E-state index in [9.17, 15) is 4.79 Å². The van der Waals surface area contributed by atoms with Crippen molar-refractivity contribution < 1.29 is 9.53 Å². The highest BCUT2D eigenvalue weighted by molar-refractivity contribution is 5.79. The fourth-order valence-electron chi connectivity index (χ4n) is 3.05. The van der Waals surface area contributed by atoms with E-state index in [-0.39, 0.29) is 11.9 Å². The summed E-state index contributed by atoms with van der Waals surface area (Å²) in [6.45, 7) is 0. The van der Waals surface area contributed by atoms with Crippen molar-refractivity contribution >= 4 is 17.9 Å². The van der Waals surface area contributed by atoms with Crippen molar-refractivity contribution in [1.82, 2.24) is 0 Å². The number of benzene rings is 2. The minimum absolute atomic E-state index is 0.125. The Hall–Kier alpha value is -2.82. The number of nitrogen functional groups attached to an aromatic ring is 1. The third-order valence-electron chi connectivity index (χ3n) is 4.49. The van der Waals surface area contributed by atoms with Crippen LogP contribution in [0, 0.1) is 0 Å². The Morgan fingerprint density at radius 3 is 2.65 bits per heavy atom. The lowest BCUT2D eigenvalue weighted by molar-refractivity contribution is -0.141. The second-order valence-corrected chi connectivity index (χ2v) is 6.41. The van der Waals surface area contributed by atoms with E-state index in [0.29, 0.717) is 6.42 Å². The summed E-state index contributed by atoms with van der Waals surface area (Å²) in [5.41, 5.74) is 9.83. The van der Waals surface area contributed by atoms with Crippen molar-refractivity contribution in [2.24, 2.45) is 10.9 Å². The van der Waals surface area contributed by atoms with E-state index in [1.165, 1.54) is 12.7 Å². The first-order valence-corrected chi connectivity index (χ1v) is 8.87. The van der Waals surface area contributed by atoms with Crippen molar-refractivity contribution in [3.8, 4) is 0 Å². The fraction of sp³-hybridized carbons (Fsp3) is 0.333. The van der Waals surface area contributed by atoms with Gasteiger partial charge in [0.15, 0.2) is 0 Å². The van der Waals surface area contributed by atoms with Crippen molar-refractivity contribution in [3.63, 3.8) is 0 Å². The van der Waals surface area contributed by atoms with Crippen LogP contribution in [0.25, 0.3) is 0 Å². The van der Waals surface area contributed by atoms with Crippen LogP contribution in [0.1, 0.15) is 48.3 Å². The van der Waals surface area contributed by atoms with Gasteiger partial charge in [0.25, 0.3) is 0 Å². The molecule has 26 heavy (non-hydrogen) atoms. The molecular weight excluding hydrogens is 326 g/mol. The first kappa shape index (κ1) is 19.5. The largest absolute Gasteiger partial charge is 0.469 e. The lowest BCUT2D eigenvalue weighted by atomic mass is 9.89. The molecule has 0 heterocycles. The van der Waals surface area contributed by atoms with Gasteiger partial charge >= 0.3 is 5.97 Å². The molecule has 1 atom stereocenters. The Morgan fingerprint density at radius 1 is 1.19 bits per heavy atom. The molecule has 2 rings (SSSR count). The average molecular weight is 353 g/mol. The molecule has 0 aliphatic carbocycles. The Morgan fingerprint density at radius 2 is 1.96 bits per heavy atom. The predicted octanol–water partition coefficient (Wildman–Crippen LogP) is 3.62. The zero-order valence-electron chi connectivity index (χ0n) is 15.2. The van der Waals surface area contributed by atoms with Crippen molar-refractivity contribution in [2.45, 2.75) is 38.0 Å². The van der Waals surface area contributed by atoms with Crippen LogP contribution in [-0.2, 0) is 16.0 Å². The quantitative estimate of drug-likeness (QED) is 0.180. The summed E-state index contributed by atoms with van der Waals surface area (Å²) in [5.74, 6) is 5.18. The maximum Gasteiger partial charge on any atom is 0.306 e. The highest BCUT2D eigenvalue weighted by Crippen LogP contribution is 2.27. The molecule has 0 amide bonds. The van der Waals surface area contributed by atoms with Gasteiger partial charge in [-0.3, -0.25) is 4.79 Å². The lowest BCUT2D eigenvalue weighted by Crippen LogP contribution is -2.09. The van der Waals surface area contributed by atoms with Gasteiger partial charge in [-0.2, -0.15) is 5.10 Å². The van der Waals surface area contributed by atoms with Gasteiger partial charge in [-0.1, -0.05) is 36.8 Å². The van der Waals surface area contributed by atoms with Crippen molar-refractivity contribution in [3.05, 3.63) is 65.2 Å². The van der Waals surface area contributed by atoms with Gasteiger partial charge in [0, 0.05) is 5.69 Å². The highest BCUT2D eigenvalue weighted by atomic mass is 16.5. The summed E-state index contributed by atoms with van der Waals surface area (Å²) in [6, 6.07) is 16.0. The van der Waals surface area contributed by atoms with Crippen molar-refractivity contribution in [1.29, 1.82) is 0 Å².